The second-order valence-electron chi connectivity index (χ2n) is 4.36. The van der Waals surface area contributed by atoms with Crippen molar-refractivity contribution in [2.45, 2.75) is 51.4 Å². The van der Waals surface area contributed by atoms with Crippen LogP contribution in [0, 0.1) is 11.8 Å². The zero-order valence-electron chi connectivity index (χ0n) is 7.72. The van der Waals surface area contributed by atoms with Gasteiger partial charge in [-0.15, -0.1) is 0 Å². The molecule has 0 aromatic heterocycles. The SMILES string of the molecule is O=C1CCCC[C@@H]2CCCC[C@H]12. The molecule has 0 spiro atoms. The topological polar surface area (TPSA) is 17.1 Å². The first-order chi connectivity index (χ1) is 5.88. The van der Waals surface area contributed by atoms with E-state index in [0.717, 1.165) is 18.8 Å². The van der Waals surface area contributed by atoms with E-state index in [9.17, 15) is 4.79 Å². The van der Waals surface area contributed by atoms with Crippen molar-refractivity contribution >= 4 is 5.78 Å². The molecule has 2 aliphatic rings. The van der Waals surface area contributed by atoms with Gasteiger partial charge in [0.15, 0.2) is 0 Å². The smallest absolute Gasteiger partial charge is 0.136 e. The number of fused-ring (bicyclic) bond motifs is 1. The van der Waals surface area contributed by atoms with Gasteiger partial charge in [0.1, 0.15) is 5.78 Å². The lowest BCUT2D eigenvalue weighted by Crippen LogP contribution is -2.25. The van der Waals surface area contributed by atoms with Crippen molar-refractivity contribution < 1.29 is 4.79 Å². The molecule has 0 heterocycles. The number of carbonyl (C=O) groups excluding carboxylic acids is 1. The van der Waals surface area contributed by atoms with Crippen LogP contribution in [-0.2, 0) is 4.79 Å². The van der Waals surface area contributed by atoms with E-state index in [4.69, 9.17) is 0 Å². The molecule has 0 bridgehead atoms. The largest absolute Gasteiger partial charge is 0.299 e. The zero-order valence-corrected chi connectivity index (χ0v) is 7.72. The van der Waals surface area contributed by atoms with Gasteiger partial charge in [0.2, 0.25) is 0 Å². The normalized spacial score (nSPS) is 37.2. The maximum absolute atomic E-state index is 11.6. The predicted molar refractivity (Wildman–Crippen MR) is 48.9 cm³/mol. The van der Waals surface area contributed by atoms with Gasteiger partial charge in [-0.25, -0.2) is 0 Å². The Labute approximate surface area is 74.5 Å². The second kappa shape index (κ2) is 3.59. The van der Waals surface area contributed by atoms with E-state index in [1.807, 2.05) is 0 Å². The van der Waals surface area contributed by atoms with Crippen LogP contribution in [0.2, 0.25) is 0 Å². The van der Waals surface area contributed by atoms with E-state index in [1.54, 1.807) is 0 Å². The average Bonchev–Trinajstić information content (AvgIpc) is 2.29. The average molecular weight is 166 g/mol. The molecule has 2 atom stereocenters. The van der Waals surface area contributed by atoms with E-state index < -0.39 is 0 Å². The number of carbonyl (C=O) groups is 1. The predicted octanol–water partition coefficient (Wildman–Crippen LogP) is 2.94. The Morgan fingerprint density at radius 2 is 1.58 bits per heavy atom. The molecular weight excluding hydrogens is 148 g/mol. The molecule has 0 aromatic carbocycles. The second-order valence-corrected chi connectivity index (χ2v) is 4.36. The Morgan fingerprint density at radius 3 is 2.42 bits per heavy atom. The molecule has 2 fully saturated rings. The van der Waals surface area contributed by atoms with Gasteiger partial charge in [0.05, 0.1) is 0 Å². The third-order valence-corrected chi connectivity index (χ3v) is 3.57. The lowest BCUT2D eigenvalue weighted by molar-refractivity contribution is -0.125. The first kappa shape index (κ1) is 8.28. The van der Waals surface area contributed by atoms with Crippen molar-refractivity contribution in [2.75, 3.05) is 0 Å². The molecule has 0 aromatic rings. The molecule has 0 amide bonds. The summed E-state index contributed by atoms with van der Waals surface area (Å²) in [6, 6.07) is 0. The summed E-state index contributed by atoms with van der Waals surface area (Å²) in [7, 11) is 0. The van der Waals surface area contributed by atoms with Crippen LogP contribution in [0.4, 0.5) is 0 Å². The van der Waals surface area contributed by atoms with Gasteiger partial charge in [-0.3, -0.25) is 4.79 Å². The molecule has 0 radical (unpaired) electrons. The van der Waals surface area contributed by atoms with Gasteiger partial charge in [-0.05, 0) is 31.6 Å². The Hall–Kier alpha value is -0.330. The molecule has 0 aliphatic heterocycles. The van der Waals surface area contributed by atoms with E-state index in [1.165, 1.54) is 38.5 Å². The quantitative estimate of drug-likeness (QED) is 0.540. The highest BCUT2D eigenvalue weighted by Gasteiger charge is 2.31. The van der Waals surface area contributed by atoms with Gasteiger partial charge in [-0.2, -0.15) is 0 Å². The Bertz CT molecular complexity index is 174. The molecule has 0 saturated heterocycles. The van der Waals surface area contributed by atoms with Crippen molar-refractivity contribution in [2.24, 2.45) is 11.8 Å². The Kier molecular flexibility index (Phi) is 2.48. The lowest BCUT2D eigenvalue weighted by Gasteiger charge is -2.28. The van der Waals surface area contributed by atoms with Gasteiger partial charge in [0.25, 0.3) is 0 Å². The van der Waals surface area contributed by atoms with Crippen LogP contribution in [0.3, 0.4) is 0 Å². The van der Waals surface area contributed by atoms with Gasteiger partial charge >= 0.3 is 0 Å². The molecule has 0 N–H and O–H groups in total. The van der Waals surface area contributed by atoms with Gasteiger partial charge in [0, 0.05) is 12.3 Å². The lowest BCUT2D eigenvalue weighted by atomic mass is 9.76. The molecule has 0 unspecified atom stereocenters. The van der Waals surface area contributed by atoms with Gasteiger partial charge in [-0.1, -0.05) is 19.3 Å². The summed E-state index contributed by atoms with van der Waals surface area (Å²) in [5.41, 5.74) is 0. The van der Waals surface area contributed by atoms with E-state index in [2.05, 4.69) is 0 Å². The number of ketones is 1. The third-order valence-electron chi connectivity index (χ3n) is 3.57. The minimum absolute atomic E-state index is 0.473. The van der Waals surface area contributed by atoms with Crippen molar-refractivity contribution in [3.63, 3.8) is 0 Å². The molecule has 2 saturated carbocycles. The maximum atomic E-state index is 11.6. The summed E-state index contributed by atoms with van der Waals surface area (Å²) in [4.78, 5) is 11.6. The molecular formula is C11H18O. The van der Waals surface area contributed by atoms with Crippen molar-refractivity contribution in [1.82, 2.24) is 0 Å². The Balaban J connectivity index is 2.06. The molecule has 12 heavy (non-hydrogen) atoms. The highest BCUT2D eigenvalue weighted by molar-refractivity contribution is 5.81. The monoisotopic (exact) mass is 166 g/mol. The van der Waals surface area contributed by atoms with Crippen LogP contribution in [-0.4, -0.2) is 5.78 Å². The molecule has 2 aliphatic carbocycles. The van der Waals surface area contributed by atoms with E-state index in [-0.39, 0.29) is 0 Å². The highest BCUT2D eigenvalue weighted by atomic mass is 16.1. The molecule has 1 nitrogen and oxygen atoms in total. The minimum atomic E-state index is 0.473. The molecule has 1 heteroatoms. The fourth-order valence-electron chi connectivity index (χ4n) is 2.87. The minimum Gasteiger partial charge on any atom is -0.299 e. The van der Waals surface area contributed by atoms with Crippen LogP contribution >= 0.6 is 0 Å². The van der Waals surface area contributed by atoms with E-state index in [0.29, 0.717) is 11.7 Å². The van der Waals surface area contributed by atoms with Crippen LogP contribution < -0.4 is 0 Å². The number of hydrogen-bond donors (Lipinski definition) is 0. The van der Waals surface area contributed by atoms with Crippen molar-refractivity contribution in [3.8, 4) is 0 Å². The summed E-state index contributed by atoms with van der Waals surface area (Å²) in [5, 5.41) is 0. The Morgan fingerprint density at radius 1 is 0.917 bits per heavy atom. The van der Waals surface area contributed by atoms with E-state index >= 15 is 0 Å². The zero-order chi connectivity index (χ0) is 8.39. The third kappa shape index (κ3) is 1.55. The number of Topliss-reactive ketones (excluding diaryl/α,β-unsaturated/α-hetero) is 1. The maximum Gasteiger partial charge on any atom is 0.136 e. The summed E-state index contributed by atoms with van der Waals surface area (Å²) in [6.07, 6.45) is 9.86. The highest BCUT2D eigenvalue weighted by Crippen LogP contribution is 2.37. The van der Waals surface area contributed by atoms with Crippen molar-refractivity contribution in [3.05, 3.63) is 0 Å². The first-order valence-corrected chi connectivity index (χ1v) is 5.40. The van der Waals surface area contributed by atoms with Crippen LogP contribution in [0.25, 0.3) is 0 Å². The fourth-order valence-corrected chi connectivity index (χ4v) is 2.87. The van der Waals surface area contributed by atoms with Crippen LogP contribution in [0.15, 0.2) is 0 Å². The first-order valence-electron chi connectivity index (χ1n) is 5.40. The summed E-state index contributed by atoms with van der Waals surface area (Å²) in [6.45, 7) is 0. The standard InChI is InChI=1S/C11H18O/c12-11-8-4-2-6-9-5-1-3-7-10(9)11/h9-10H,1-8H2/t9-,10-/m0/s1. The van der Waals surface area contributed by atoms with Crippen LogP contribution in [0.1, 0.15) is 51.4 Å². The van der Waals surface area contributed by atoms with Crippen molar-refractivity contribution in [1.29, 1.82) is 0 Å². The molecule has 2 rings (SSSR count). The number of hydrogen-bond acceptors (Lipinski definition) is 1. The summed E-state index contributed by atoms with van der Waals surface area (Å²) >= 11 is 0. The van der Waals surface area contributed by atoms with Gasteiger partial charge < -0.3 is 0 Å². The van der Waals surface area contributed by atoms with Crippen LogP contribution in [0.5, 0.6) is 0 Å². The molecule has 68 valence electrons. The fraction of sp³-hybridized carbons (Fsp3) is 0.909. The summed E-state index contributed by atoms with van der Waals surface area (Å²) < 4.78 is 0. The number of rotatable bonds is 0. The summed E-state index contributed by atoms with van der Waals surface area (Å²) in [5.74, 6) is 1.83.